The molecule has 7 nitrogen and oxygen atoms in total. The van der Waals surface area contributed by atoms with Crippen molar-refractivity contribution >= 4 is 25.8 Å². The van der Waals surface area contributed by atoms with Crippen molar-refractivity contribution in [2.45, 2.75) is 37.4 Å². The summed E-state index contributed by atoms with van der Waals surface area (Å²) < 4.78 is 125. The average molecular weight is 409 g/mol. The second-order valence-corrected chi connectivity index (χ2v) is 8.27. The van der Waals surface area contributed by atoms with Crippen LogP contribution in [-0.4, -0.2) is 46.7 Å². The van der Waals surface area contributed by atoms with Gasteiger partial charge in [0.1, 0.15) is 19.7 Å². The first-order chi connectivity index (χ1) is 10.5. The molecule has 0 fully saturated rings. The predicted octanol–water partition coefficient (Wildman–Crippen LogP) is 2.30. The molecule has 24 heavy (non-hydrogen) atoms. The lowest BCUT2D eigenvalue weighted by molar-refractivity contribution is -0.0459. The maximum Gasteiger partial charge on any atom is 0.508 e. The minimum Gasteiger partial charge on any atom is -0.435 e. The lowest BCUT2D eigenvalue weighted by Gasteiger charge is -2.33. The van der Waals surface area contributed by atoms with Gasteiger partial charge in [-0.05, 0) is 13.8 Å². The maximum absolute atomic E-state index is 12.5. The second kappa shape index (κ2) is 7.33. The highest BCUT2D eigenvalue weighted by Gasteiger charge is 2.54. The van der Waals surface area contributed by atoms with Crippen LogP contribution in [0.15, 0.2) is 0 Å². The van der Waals surface area contributed by atoms with Crippen LogP contribution < -0.4 is 0 Å². The summed E-state index contributed by atoms with van der Waals surface area (Å²) in [7, 11) is -13.7. The van der Waals surface area contributed by atoms with E-state index in [1.807, 2.05) is 0 Å². The number of carbonyl (C=O) groups is 1. The summed E-state index contributed by atoms with van der Waals surface area (Å²) in [6.45, 7) is 1.73. The van der Waals surface area contributed by atoms with Crippen molar-refractivity contribution < 1.29 is 57.4 Å². The standard InChI is InChI=1S/C9H11F6O7S2/c1-3-21-7(16)22-5(2)4-6(23(17,18)8(10,11)12)24(19,20)9(13,14)15/h5H,3-4H2,1-2H3/q-1. The van der Waals surface area contributed by atoms with E-state index in [1.165, 1.54) is 6.92 Å². The Morgan fingerprint density at radius 3 is 1.67 bits per heavy atom. The van der Waals surface area contributed by atoms with Crippen molar-refractivity contribution in [1.29, 1.82) is 0 Å². The second-order valence-electron chi connectivity index (χ2n) is 4.09. The summed E-state index contributed by atoms with van der Waals surface area (Å²) in [6, 6.07) is 0. The quantitative estimate of drug-likeness (QED) is 0.377. The molecule has 0 aliphatic rings. The molecule has 15 heteroatoms. The van der Waals surface area contributed by atoms with E-state index < -0.39 is 54.0 Å². The van der Waals surface area contributed by atoms with E-state index in [9.17, 15) is 48.0 Å². The Bertz CT molecular complexity index is 605. The fraction of sp³-hybridized carbons (Fsp3) is 0.778. The lowest BCUT2D eigenvalue weighted by atomic mass is 10.3. The molecular weight excluding hydrogens is 398 g/mol. The van der Waals surface area contributed by atoms with Crippen LogP contribution in [0, 0.1) is 4.58 Å². The Balaban J connectivity index is 5.83. The summed E-state index contributed by atoms with van der Waals surface area (Å²) >= 11 is 0. The van der Waals surface area contributed by atoms with E-state index >= 15 is 0 Å². The zero-order chi connectivity index (χ0) is 19.6. The summed E-state index contributed by atoms with van der Waals surface area (Å²) in [6.07, 6.45) is -5.37. The SMILES string of the molecule is CCOC(=O)OC(C)C[C-](S(=O)(=O)C(F)(F)F)S(=O)(=O)C(F)(F)F. The fourth-order valence-corrected chi connectivity index (χ4v) is 4.36. The number of ether oxygens (including phenoxy) is 2. The zero-order valence-corrected chi connectivity index (χ0v) is 13.6. The van der Waals surface area contributed by atoms with E-state index in [-0.39, 0.29) is 6.61 Å². The van der Waals surface area contributed by atoms with Crippen molar-refractivity contribution in [1.82, 2.24) is 0 Å². The molecule has 0 aromatic heterocycles. The van der Waals surface area contributed by atoms with Gasteiger partial charge in [-0.3, -0.25) is 16.8 Å². The highest BCUT2D eigenvalue weighted by atomic mass is 32.3. The van der Waals surface area contributed by atoms with Crippen LogP contribution in [0.5, 0.6) is 0 Å². The Morgan fingerprint density at radius 1 is 1.00 bits per heavy atom. The number of hydrogen-bond acceptors (Lipinski definition) is 7. The molecule has 0 spiro atoms. The topological polar surface area (TPSA) is 104 Å². The van der Waals surface area contributed by atoms with Gasteiger partial charge in [0, 0.05) is 0 Å². The highest BCUT2D eigenvalue weighted by molar-refractivity contribution is 8.13. The van der Waals surface area contributed by atoms with Crippen LogP contribution in [0.4, 0.5) is 31.1 Å². The Morgan fingerprint density at radius 2 is 1.38 bits per heavy atom. The zero-order valence-electron chi connectivity index (χ0n) is 11.9. The molecule has 1 unspecified atom stereocenters. The Kier molecular flexibility index (Phi) is 6.95. The van der Waals surface area contributed by atoms with E-state index in [1.54, 1.807) is 0 Å². The van der Waals surface area contributed by atoms with Crippen molar-refractivity contribution in [3.05, 3.63) is 4.58 Å². The van der Waals surface area contributed by atoms with Gasteiger partial charge in [0.25, 0.3) is 0 Å². The molecule has 144 valence electrons. The number of rotatable bonds is 6. The molecule has 0 saturated carbocycles. The molecule has 0 aromatic rings. The van der Waals surface area contributed by atoms with Crippen molar-refractivity contribution in [3.8, 4) is 0 Å². The number of hydrogen-bond donors (Lipinski definition) is 0. The van der Waals surface area contributed by atoms with Crippen LogP contribution in [0.3, 0.4) is 0 Å². The molecule has 0 aliphatic heterocycles. The molecular formula is C9H11F6O7S2-. The van der Waals surface area contributed by atoms with E-state index in [0.717, 1.165) is 0 Å². The predicted molar refractivity (Wildman–Crippen MR) is 65.4 cm³/mol. The van der Waals surface area contributed by atoms with Gasteiger partial charge in [-0.15, -0.1) is 6.42 Å². The molecule has 0 radical (unpaired) electrons. The molecule has 0 bridgehead atoms. The number of alkyl halides is 6. The van der Waals surface area contributed by atoms with Gasteiger partial charge in [-0.25, -0.2) is 4.79 Å². The maximum atomic E-state index is 12.5. The van der Waals surface area contributed by atoms with E-state index in [4.69, 9.17) is 0 Å². The Labute approximate surface area is 132 Å². The molecule has 0 aromatic carbocycles. The number of sulfone groups is 2. The fourth-order valence-electron chi connectivity index (χ4n) is 1.21. The Hall–Kier alpha value is -1.25. The van der Waals surface area contributed by atoms with Gasteiger partial charge >= 0.3 is 17.2 Å². The summed E-state index contributed by atoms with van der Waals surface area (Å²) in [5.41, 5.74) is -12.6. The van der Waals surface area contributed by atoms with Gasteiger partial charge < -0.3 is 9.47 Å². The van der Waals surface area contributed by atoms with Crippen molar-refractivity contribution in [3.63, 3.8) is 0 Å². The molecule has 0 amide bonds. The number of carbonyl (C=O) groups excluding carboxylic acids is 1. The first kappa shape index (κ1) is 22.8. The molecule has 0 rings (SSSR count). The third-order valence-corrected chi connectivity index (χ3v) is 6.29. The molecule has 1 atom stereocenters. The summed E-state index contributed by atoms with van der Waals surface area (Å²) in [5, 5.41) is 0. The van der Waals surface area contributed by atoms with Gasteiger partial charge in [-0.2, -0.15) is 26.3 Å². The molecule has 0 aliphatic carbocycles. The first-order valence-corrected chi connectivity index (χ1v) is 8.77. The van der Waals surface area contributed by atoms with Crippen LogP contribution in [-0.2, 0) is 29.1 Å². The summed E-state index contributed by atoms with van der Waals surface area (Å²) in [5.74, 6) is 0. The smallest absolute Gasteiger partial charge is 0.435 e. The molecule has 0 N–H and O–H groups in total. The van der Waals surface area contributed by atoms with Gasteiger partial charge in [0.2, 0.25) is 0 Å². The van der Waals surface area contributed by atoms with Crippen LogP contribution >= 0.6 is 0 Å². The minimum absolute atomic E-state index is 0.260. The average Bonchev–Trinajstić information content (AvgIpc) is 2.32. The minimum atomic E-state index is -6.85. The van der Waals surface area contributed by atoms with Crippen molar-refractivity contribution in [2.24, 2.45) is 0 Å². The normalized spacial score (nSPS) is 15.2. The van der Waals surface area contributed by atoms with Crippen LogP contribution in [0.2, 0.25) is 0 Å². The van der Waals surface area contributed by atoms with Gasteiger partial charge in [0.05, 0.1) is 12.7 Å². The molecule has 0 heterocycles. The van der Waals surface area contributed by atoms with E-state index in [0.29, 0.717) is 6.92 Å². The third kappa shape index (κ3) is 5.12. The van der Waals surface area contributed by atoms with Gasteiger partial charge in [-0.1, -0.05) is 4.58 Å². The van der Waals surface area contributed by atoms with Crippen LogP contribution in [0.25, 0.3) is 0 Å². The first-order valence-electron chi connectivity index (χ1n) is 5.80. The van der Waals surface area contributed by atoms with Gasteiger partial charge in [0.15, 0.2) is 0 Å². The largest absolute Gasteiger partial charge is 0.508 e. The monoisotopic (exact) mass is 409 g/mol. The highest BCUT2D eigenvalue weighted by Crippen LogP contribution is 2.43. The summed E-state index contributed by atoms with van der Waals surface area (Å²) in [4.78, 5) is 10.9. The lowest BCUT2D eigenvalue weighted by Crippen LogP contribution is -2.41. The van der Waals surface area contributed by atoms with Crippen molar-refractivity contribution in [2.75, 3.05) is 6.61 Å². The molecule has 0 saturated heterocycles. The number of halogens is 6. The van der Waals surface area contributed by atoms with E-state index in [2.05, 4.69) is 9.47 Å². The van der Waals surface area contributed by atoms with Crippen LogP contribution in [0.1, 0.15) is 20.3 Å². The third-order valence-electron chi connectivity index (χ3n) is 2.22.